The summed E-state index contributed by atoms with van der Waals surface area (Å²) in [6.07, 6.45) is 18.6. The molecule has 0 N–H and O–H groups in total. The van der Waals surface area contributed by atoms with E-state index in [0.29, 0.717) is 25.0 Å². The summed E-state index contributed by atoms with van der Waals surface area (Å²) in [4.78, 5) is 25.3. The standard InChI is InChI=1S/C24H40O4/c25-23(27-17-15-19-9-3-1-4-10-19)21-13-7-8-14-22(21)24(26)28-18-16-20-11-5-2-6-12-20/h19-22H,1-18H2. The number of esters is 2. The van der Waals surface area contributed by atoms with Crippen molar-refractivity contribution < 1.29 is 19.1 Å². The third-order valence-electron chi connectivity index (χ3n) is 7.36. The molecule has 2 atom stereocenters. The molecule has 0 saturated heterocycles. The molecule has 3 saturated carbocycles. The Hall–Kier alpha value is -1.06. The minimum Gasteiger partial charge on any atom is -0.465 e. The Morgan fingerprint density at radius 1 is 0.536 bits per heavy atom. The minimum atomic E-state index is -0.290. The molecule has 160 valence electrons. The van der Waals surface area contributed by atoms with E-state index in [1.165, 1.54) is 64.2 Å². The molecule has 2 unspecified atom stereocenters. The first-order valence-electron chi connectivity index (χ1n) is 12.1. The molecule has 0 aromatic carbocycles. The zero-order chi connectivity index (χ0) is 19.6. The van der Waals surface area contributed by atoms with Gasteiger partial charge in [-0.3, -0.25) is 9.59 Å². The van der Waals surface area contributed by atoms with Crippen LogP contribution in [-0.4, -0.2) is 25.2 Å². The zero-order valence-electron chi connectivity index (χ0n) is 17.7. The Balaban J connectivity index is 1.38. The molecular formula is C24H40O4. The lowest BCUT2D eigenvalue weighted by atomic mass is 9.79. The third-order valence-corrected chi connectivity index (χ3v) is 7.36. The fourth-order valence-corrected chi connectivity index (χ4v) is 5.51. The van der Waals surface area contributed by atoms with Gasteiger partial charge < -0.3 is 9.47 Å². The topological polar surface area (TPSA) is 52.6 Å². The van der Waals surface area contributed by atoms with Gasteiger partial charge in [-0.1, -0.05) is 77.0 Å². The van der Waals surface area contributed by atoms with Crippen LogP contribution >= 0.6 is 0 Å². The Bertz CT molecular complexity index is 433. The van der Waals surface area contributed by atoms with E-state index in [0.717, 1.165) is 38.5 Å². The molecule has 0 spiro atoms. The quantitative estimate of drug-likeness (QED) is 0.488. The average Bonchev–Trinajstić information content (AvgIpc) is 2.75. The van der Waals surface area contributed by atoms with E-state index in [1.54, 1.807) is 0 Å². The number of carbonyl (C=O) groups is 2. The van der Waals surface area contributed by atoms with Crippen molar-refractivity contribution in [3.63, 3.8) is 0 Å². The van der Waals surface area contributed by atoms with Gasteiger partial charge in [0.1, 0.15) is 0 Å². The van der Waals surface area contributed by atoms with Gasteiger partial charge in [-0.25, -0.2) is 0 Å². The van der Waals surface area contributed by atoms with Crippen molar-refractivity contribution in [2.24, 2.45) is 23.7 Å². The second-order valence-corrected chi connectivity index (χ2v) is 9.42. The highest BCUT2D eigenvalue weighted by molar-refractivity contribution is 5.82. The molecule has 4 nitrogen and oxygen atoms in total. The Morgan fingerprint density at radius 3 is 1.29 bits per heavy atom. The van der Waals surface area contributed by atoms with Gasteiger partial charge in [0.25, 0.3) is 0 Å². The first kappa shape index (κ1) is 21.6. The SMILES string of the molecule is O=C(OCCC1CCCCC1)C1CCCCC1C(=O)OCCC1CCCCC1. The summed E-state index contributed by atoms with van der Waals surface area (Å²) in [6.45, 7) is 1.03. The summed E-state index contributed by atoms with van der Waals surface area (Å²) in [5.41, 5.74) is 0. The maximum atomic E-state index is 12.6. The van der Waals surface area contributed by atoms with Crippen LogP contribution in [0.5, 0.6) is 0 Å². The smallest absolute Gasteiger partial charge is 0.309 e. The van der Waals surface area contributed by atoms with Gasteiger partial charge in [0, 0.05) is 0 Å². The molecule has 0 amide bonds. The van der Waals surface area contributed by atoms with E-state index >= 15 is 0 Å². The van der Waals surface area contributed by atoms with E-state index in [9.17, 15) is 9.59 Å². The van der Waals surface area contributed by atoms with Gasteiger partial charge in [-0.15, -0.1) is 0 Å². The highest BCUT2D eigenvalue weighted by Crippen LogP contribution is 2.33. The molecule has 0 bridgehead atoms. The van der Waals surface area contributed by atoms with Crippen LogP contribution in [0.3, 0.4) is 0 Å². The molecule has 3 aliphatic carbocycles. The van der Waals surface area contributed by atoms with Crippen molar-refractivity contribution >= 4 is 11.9 Å². The maximum absolute atomic E-state index is 12.6. The van der Waals surface area contributed by atoms with Gasteiger partial charge in [0.05, 0.1) is 25.0 Å². The zero-order valence-corrected chi connectivity index (χ0v) is 17.7. The van der Waals surface area contributed by atoms with Crippen molar-refractivity contribution in [3.8, 4) is 0 Å². The number of carbonyl (C=O) groups excluding carboxylic acids is 2. The summed E-state index contributed by atoms with van der Waals surface area (Å²) in [5.74, 6) is 0.529. The first-order chi connectivity index (χ1) is 13.7. The average molecular weight is 393 g/mol. The third kappa shape index (κ3) is 6.77. The fourth-order valence-electron chi connectivity index (χ4n) is 5.51. The minimum absolute atomic E-state index is 0.162. The van der Waals surface area contributed by atoms with Crippen LogP contribution in [0.25, 0.3) is 0 Å². The van der Waals surface area contributed by atoms with Gasteiger partial charge in [0.2, 0.25) is 0 Å². The lowest BCUT2D eigenvalue weighted by Crippen LogP contribution is -2.35. The normalized spacial score (nSPS) is 27.3. The van der Waals surface area contributed by atoms with Crippen molar-refractivity contribution in [2.75, 3.05) is 13.2 Å². The van der Waals surface area contributed by atoms with Gasteiger partial charge in [-0.2, -0.15) is 0 Å². The van der Waals surface area contributed by atoms with Crippen molar-refractivity contribution in [1.29, 1.82) is 0 Å². The van der Waals surface area contributed by atoms with Crippen molar-refractivity contribution in [1.82, 2.24) is 0 Å². The number of hydrogen-bond donors (Lipinski definition) is 0. The molecule has 3 rings (SSSR count). The molecule has 0 radical (unpaired) electrons. The molecule has 3 fully saturated rings. The molecule has 3 aliphatic rings. The summed E-state index contributed by atoms with van der Waals surface area (Å²) in [6, 6.07) is 0. The Labute approximate surface area is 171 Å². The molecule has 0 aromatic heterocycles. The second-order valence-electron chi connectivity index (χ2n) is 9.42. The second kappa shape index (κ2) is 11.8. The fraction of sp³-hybridized carbons (Fsp3) is 0.917. The first-order valence-corrected chi connectivity index (χ1v) is 12.1. The molecule has 0 aliphatic heterocycles. The number of rotatable bonds is 8. The van der Waals surface area contributed by atoms with Crippen LogP contribution in [0.2, 0.25) is 0 Å². The predicted octanol–water partition coefficient (Wildman–Crippen LogP) is 5.82. The molecule has 0 aromatic rings. The van der Waals surface area contributed by atoms with Crippen molar-refractivity contribution in [3.05, 3.63) is 0 Å². The lowest BCUT2D eigenvalue weighted by Gasteiger charge is -2.29. The summed E-state index contributed by atoms with van der Waals surface area (Å²) >= 11 is 0. The largest absolute Gasteiger partial charge is 0.465 e. The van der Waals surface area contributed by atoms with E-state index < -0.39 is 0 Å². The van der Waals surface area contributed by atoms with Crippen LogP contribution in [0.1, 0.15) is 103 Å². The summed E-state index contributed by atoms with van der Waals surface area (Å²) < 4.78 is 11.2. The number of ether oxygens (including phenoxy) is 2. The van der Waals surface area contributed by atoms with E-state index in [1.807, 2.05) is 0 Å². The monoisotopic (exact) mass is 392 g/mol. The van der Waals surface area contributed by atoms with Gasteiger partial charge in [0.15, 0.2) is 0 Å². The molecule has 28 heavy (non-hydrogen) atoms. The van der Waals surface area contributed by atoms with Gasteiger partial charge in [-0.05, 0) is 37.5 Å². The van der Waals surface area contributed by atoms with Crippen LogP contribution in [0.4, 0.5) is 0 Å². The Morgan fingerprint density at radius 2 is 0.893 bits per heavy atom. The van der Waals surface area contributed by atoms with Gasteiger partial charge >= 0.3 is 11.9 Å². The lowest BCUT2D eigenvalue weighted by molar-refractivity contribution is -0.163. The Kier molecular flexibility index (Phi) is 9.14. The highest BCUT2D eigenvalue weighted by atomic mass is 16.5. The van der Waals surface area contributed by atoms with Crippen LogP contribution < -0.4 is 0 Å². The van der Waals surface area contributed by atoms with Crippen LogP contribution in [0, 0.1) is 23.7 Å². The highest BCUT2D eigenvalue weighted by Gasteiger charge is 2.38. The van der Waals surface area contributed by atoms with Crippen molar-refractivity contribution in [2.45, 2.75) is 103 Å². The summed E-state index contributed by atoms with van der Waals surface area (Å²) in [5, 5.41) is 0. The van der Waals surface area contributed by atoms with Crippen LogP contribution in [0.15, 0.2) is 0 Å². The molecular weight excluding hydrogens is 352 g/mol. The predicted molar refractivity (Wildman–Crippen MR) is 110 cm³/mol. The van der Waals surface area contributed by atoms with Crippen LogP contribution in [-0.2, 0) is 19.1 Å². The molecule has 0 heterocycles. The van der Waals surface area contributed by atoms with E-state index in [2.05, 4.69) is 0 Å². The van der Waals surface area contributed by atoms with E-state index in [4.69, 9.17) is 9.47 Å². The maximum Gasteiger partial charge on any atom is 0.309 e. The van der Waals surface area contributed by atoms with E-state index in [-0.39, 0.29) is 23.8 Å². The number of hydrogen-bond acceptors (Lipinski definition) is 4. The summed E-state index contributed by atoms with van der Waals surface area (Å²) in [7, 11) is 0. The molecule has 4 heteroatoms.